The van der Waals surface area contributed by atoms with Crippen LogP contribution in [0.4, 0.5) is 5.82 Å². The van der Waals surface area contributed by atoms with E-state index in [9.17, 15) is 9.90 Å². The van der Waals surface area contributed by atoms with E-state index in [2.05, 4.69) is 20.9 Å². The van der Waals surface area contributed by atoms with Crippen molar-refractivity contribution in [2.45, 2.75) is 19.4 Å². The summed E-state index contributed by atoms with van der Waals surface area (Å²) in [5.74, 6) is 0.126. The number of anilines is 1. The first-order valence-corrected chi connectivity index (χ1v) is 7.41. The molecular weight excluding hydrogens is 320 g/mol. The number of carboxylic acids is 1. The largest absolute Gasteiger partial charge is 0.480 e. The zero-order chi connectivity index (χ0) is 14.3. The lowest BCUT2D eigenvalue weighted by Gasteiger charge is -2.25. The molecule has 0 saturated carbocycles. The Hall–Kier alpha value is -1.62. The van der Waals surface area contributed by atoms with Crippen molar-refractivity contribution < 1.29 is 9.90 Å². The fourth-order valence-electron chi connectivity index (χ4n) is 2.94. The maximum Gasteiger partial charge on any atom is 0.326 e. The first-order valence-electron chi connectivity index (χ1n) is 6.62. The molecule has 0 bridgehead atoms. The second-order valence-electron chi connectivity index (χ2n) is 5.21. The van der Waals surface area contributed by atoms with Crippen molar-refractivity contribution in [1.82, 2.24) is 4.98 Å². The van der Waals surface area contributed by atoms with E-state index in [0.717, 1.165) is 34.0 Å². The van der Waals surface area contributed by atoms with Crippen LogP contribution in [0.15, 0.2) is 34.9 Å². The molecule has 2 aromatic rings. The van der Waals surface area contributed by atoms with Gasteiger partial charge in [-0.3, -0.25) is 0 Å². The predicted octanol–water partition coefficient (Wildman–Crippen LogP) is 3.30. The highest BCUT2D eigenvalue weighted by Crippen LogP contribution is 2.35. The molecule has 1 aliphatic heterocycles. The summed E-state index contributed by atoms with van der Waals surface area (Å²) in [5, 5.41) is 11.5. The number of hydrogen-bond donors (Lipinski definition) is 1. The van der Waals surface area contributed by atoms with Crippen LogP contribution in [-0.2, 0) is 4.79 Å². The second kappa shape index (κ2) is 5.05. The Labute approximate surface area is 125 Å². The number of aromatic nitrogens is 1. The highest BCUT2D eigenvalue weighted by Gasteiger charge is 2.38. The Morgan fingerprint density at radius 3 is 2.95 bits per heavy atom. The second-order valence-corrected chi connectivity index (χ2v) is 6.07. The van der Waals surface area contributed by atoms with Gasteiger partial charge in [-0.05, 0) is 24.5 Å². The molecule has 1 N–H and O–H groups in total. The fourth-order valence-corrected chi connectivity index (χ4v) is 3.44. The van der Waals surface area contributed by atoms with Gasteiger partial charge >= 0.3 is 5.97 Å². The number of aliphatic carboxylic acids is 1. The van der Waals surface area contributed by atoms with Crippen molar-refractivity contribution in [3.8, 4) is 0 Å². The normalized spacial score (nSPS) is 22.4. The summed E-state index contributed by atoms with van der Waals surface area (Å²) in [5.41, 5.74) is 0. The molecule has 3 rings (SSSR count). The third kappa shape index (κ3) is 2.06. The molecule has 20 heavy (non-hydrogen) atoms. The highest BCUT2D eigenvalue weighted by molar-refractivity contribution is 9.10. The summed E-state index contributed by atoms with van der Waals surface area (Å²) in [6.07, 6.45) is 2.62. The van der Waals surface area contributed by atoms with Crippen LogP contribution in [0.25, 0.3) is 10.8 Å². The molecule has 4 nitrogen and oxygen atoms in total. The molecule has 0 spiro atoms. The Balaban J connectivity index is 2.15. The molecule has 5 heteroatoms. The molecule has 1 aromatic carbocycles. The number of rotatable bonds is 2. The number of nitrogens with zero attached hydrogens (tertiary/aromatic N) is 2. The Morgan fingerprint density at radius 2 is 2.20 bits per heavy atom. The van der Waals surface area contributed by atoms with Crippen LogP contribution in [0.3, 0.4) is 0 Å². The number of halogens is 1. The fraction of sp³-hybridized carbons (Fsp3) is 0.333. The van der Waals surface area contributed by atoms with E-state index in [-0.39, 0.29) is 5.92 Å². The van der Waals surface area contributed by atoms with Crippen LogP contribution < -0.4 is 4.90 Å². The lowest BCUT2D eigenvalue weighted by Crippen LogP contribution is -2.39. The van der Waals surface area contributed by atoms with Gasteiger partial charge in [0.25, 0.3) is 0 Å². The zero-order valence-electron chi connectivity index (χ0n) is 11.1. The molecule has 2 unspecified atom stereocenters. The van der Waals surface area contributed by atoms with E-state index in [4.69, 9.17) is 0 Å². The van der Waals surface area contributed by atoms with Crippen molar-refractivity contribution in [2.24, 2.45) is 5.92 Å². The molecular formula is C15H15BrN2O2. The molecule has 0 aliphatic carbocycles. The molecule has 2 heterocycles. The number of hydrogen-bond acceptors (Lipinski definition) is 3. The molecule has 0 amide bonds. The molecule has 0 radical (unpaired) electrons. The van der Waals surface area contributed by atoms with Crippen molar-refractivity contribution in [3.05, 3.63) is 34.9 Å². The minimum atomic E-state index is -0.774. The van der Waals surface area contributed by atoms with E-state index < -0.39 is 12.0 Å². The van der Waals surface area contributed by atoms with Crippen molar-refractivity contribution in [3.63, 3.8) is 0 Å². The van der Waals surface area contributed by atoms with Crippen LogP contribution in [-0.4, -0.2) is 28.6 Å². The monoisotopic (exact) mass is 334 g/mol. The number of benzene rings is 1. The lowest BCUT2D eigenvalue weighted by atomic mass is 10.0. The molecule has 1 saturated heterocycles. The minimum absolute atomic E-state index is 0.136. The third-order valence-corrected chi connectivity index (χ3v) is 4.65. The first kappa shape index (κ1) is 13.4. The van der Waals surface area contributed by atoms with Gasteiger partial charge in [0.15, 0.2) is 0 Å². The number of carboxylic acid groups (broad SMARTS) is 1. The average molecular weight is 335 g/mol. The minimum Gasteiger partial charge on any atom is -0.480 e. The summed E-state index contributed by atoms with van der Waals surface area (Å²) in [6.45, 7) is 2.72. The van der Waals surface area contributed by atoms with Crippen molar-refractivity contribution in [1.29, 1.82) is 0 Å². The Kier molecular flexibility index (Phi) is 3.38. The van der Waals surface area contributed by atoms with Gasteiger partial charge in [-0.25, -0.2) is 9.78 Å². The van der Waals surface area contributed by atoms with E-state index in [1.165, 1.54) is 0 Å². The van der Waals surface area contributed by atoms with Crippen molar-refractivity contribution >= 4 is 38.5 Å². The van der Waals surface area contributed by atoms with Crippen LogP contribution in [0.2, 0.25) is 0 Å². The van der Waals surface area contributed by atoms with Gasteiger partial charge in [-0.1, -0.05) is 35.0 Å². The lowest BCUT2D eigenvalue weighted by molar-refractivity contribution is -0.139. The first-order chi connectivity index (χ1) is 9.59. The number of fused-ring (bicyclic) bond motifs is 1. The van der Waals surface area contributed by atoms with Crippen LogP contribution >= 0.6 is 15.9 Å². The van der Waals surface area contributed by atoms with E-state index >= 15 is 0 Å². The smallest absolute Gasteiger partial charge is 0.326 e. The highest BCUT2D eigenvalue weighted by atomic mass is 79.9. The van der Waals surface area contributed by atoms with Crippen LogP contribution in [0.1, 0.15) is 13.3 Å². The maximum atomic E-state index is 11.5. The van der Waals surface area contributed by atoms with Gasteiger partial charge in [0, 0.05) is 28.0 Å². The topological polar surface area (TPSA) is 53.4 Å². The summed E-state index contributed by atoms with van der Waals surface area (Å²) in [7, 11) is 0. The molecule has 1 aliphatic rings. The predicted molar refractivity (Wildman–Crippen MR) is 82.0 cm³/mol. The SMILES string of the molecule is CC1CCN(c2nccc3c(Br)cccc23)C1C(=O)O. The maximum absolute atomic E-state index is 11.5. The van der Waals surface area contributed by atoms with Crippen LogP contribution in [0.5, 0.6) is 0 Å². The summed E-state index contributed by atoms with van der Waals surface area (Å²) in [4.78, 5) is 17.9. The standard InChI is InChI=1S/C15H15BrN2O2/c1-9-6-8-18(13(9)15(19)20)14-11-3-2-4-12(16)10(11)5-7-17-14/h2-5,7,9,13H,6,8H2,1H3,(H,19,20). The molecule has 2 atom stereocenters. The quantitative estimate of drug-likeness (QED) is 0.915. The summed E-state index contributed by atoms with van der Waals surface area (Å²) in [6, 6.07) is 7.37. The number of pyridine rings is 1. The van der Waals surface area contributed by atoms with Crippen LogP contribution in [0, 0.1) is 5.92 Å². The summed E-state index contributed by atoms with van der Waals surface area (Å²) >= 11 is 3.53. The molecule has 104 valence electrons. The van der Waals surface area contributed by atoms with Gasteiger partial charge in [0.2, 0.25) is 0 Å². The van der Waals surface area contributed by atoms with Gasteiger partial charge in [-0.15, -0.1) is 0 Å². The number of carbonyl (C=O) groups is 1. The van der Waals surface area contributed by atoms with Gasteiger partial charge < -0.3 is 10.0 Å². The van der Waals surface area contributed by atoms with E-state index in [0.29, 0.717) is 0 Å². The summed E-state index contributed by atoms with van der Waals surface area (Å²) < 4.78 is 0.998. The van der Waals surface area contributed by atoms with Crippen molar-refractivity contribution in [2.75, 3.05) is 11.4 Å². The zero-order valence-corrected chi connectivity index (χ0v) is 12.7. The van der Waals surface area contributed by atoms with Gasteiger partial charge in [0.05, 0.1) is 0 Å². The van der Waals surface area contributed by atoms with Gasteiger partial charge in [-0.2, -0.15) is 0 Å². The average Bonchev–Trinajstić information content (AvgIpc) is 2.80. The van der Waals surface area contributed by atoms with E-state index in [1.807, 2.05) is 36.1 Å². The Bertz CT molecular complexity index is 674. The van der Waals surface area contributed by atoms with Gasteiger partial charge in [0.1, 0.15) is 11.9 Å². The molecule has 1 aromatic heterocycles. The Morgan fingerprint density at radius 1 is 1.40 bits per heavy atom. The van der Waals surface area contributed by atoms with E-state index in [1.54, 1.807) is 6.20 Å². The molecule has 1 fully saturated rings. The third-order valence-electron chi connectivity index (χ3n) is 3.96.